The van der Waals surface area contributed by atoms with Gasteiger partial charge >= 0.3 is 5.97 Å². The third kappa shape index (κ3) is 5.22. The number of rotatable bonds is 9. The lowest BCUT2D eigenvalue weighted by molar-refractivity contribution is -0.142. The molecule has 0 saturated heterocycles. The summed E-state index contributed by atoms with van der Waals surface area (Å²) >= 11 is 13.2. The number of amides is 1. The number of carbonyl (C=O) groups is 3. The fourth-order valence-electron chi connectivity index (χ4n) is 5.23. The highest BCUT2D eigenvalue weighted by molar-refractivity contribution is 6.44. The first-order chi connectivity index (χ1) is 17.1. The fraction of sp³-hybridized carbons (Fsp3) is 0.370. The first kappa shape index (κ1) is 26.0. The third-order valence-corrected chi connectivity index (χ3v) is 7.73. The van der Waals surface area contributed by atoms with E-state index in [2.05, 4.69) is 12.2 Å². The minimum Gasteiger partial charge on any atom is -0.508 e. The maximum atomic E-state index is 12.5. The summed E-state index contributed by atoms with van der Waals surface area (Å²) in [5, 5.41) is 21.8. The predicted molar refractivity (Wildman–Crippen MR) is 137 cm³/mol. The van der Waals surface area contributed by atoms with Crippen LogP contribution in [0.4, 0.5) is 0 Å². The van der Waals surface area contributed by atoms with E-state index in [4.69, 9.17) is 27.9 Å². The highest BCUT2D eigenvalue weighted by Gasteiger charge is 2.45. The van der Waals surface area contributed by atoms with Crippen molar-refractivity contribution in [3.63, 3.8) is 0 Å². The van der Waals surface area contributed by atoms with Crippen molar-refractivity contribution in [2.24, 2.45) is 5.41 Å². The van der Waals surface area contributed by atoms with Crippen molar-refractivity contribution in [3.05, 3.63) is 63.1 Å². The van der Waals surface area contributed by atoms with Crippen molar-refractivity contribution in [3.8, 4) is 11.5 Å². The monoisotopic (exact) mass is 531 g/mol. The number of benzene rings is 2. The summed E-state index contributed by atoms with van der Waals surface area (Å²) in [6.45, 7) is 1.66. The van der Waals surface area contributed by atoms with Gasteiger partial charge in [-0.3, -0.25) is 9.59 Å². The van der Waals surface area contributed by atoms with Gasteiger partial charge in [0.1, 0.15) is 22.6 Å². The lowest BCUT2D eigenvalue weighted by Gasteiger charge is -2.33. The molecule has 1 amide bonds. The van der Waals surface area contributed by atoms with Crippen LogP contribution >= 0.6 is 23.2 Å². The Morgan fingerprint density at radius 2 is 1.92 bits per heavy atom. The minimum absolute atomic E-state index is 0.0418. The molecule has 0 spiro atoms. The molecule has 2 aromatic carbocycles. The molecule has 0 saturated carbocycles. The van der Waals surface area contributed by atoms with Gasteiger partial charge in [-0.05, 0) is 60.2 Å². The number of carboxylic acid groups (broad SMARTS) is 1. The number of aromatic hydroxyl groups is 1. The second-order valence-corrected chi connectivity index (χ2v) is 10.1. The molecule has 2 aliphatic carbocycles. The van der Waals surface area contributed by atoms with Crippen molar-refractivity contribution in [1.29, 1.82) is 0 Å². The van der Waals surface area contributed by atoms with Crippen LogP contribution in [0.3, 0.4) is 0 Å². The maximum Gasteiger partial charge on any atom is 0.326 e. The first-order valence-electron chi connectivity index (χ1n) is 11.8. The Hall–Kier alpha value is -3.03. The first-order valence-corrected chi connectivity index (χ1v) is 12.6. The molecule has 0 aromatic heterocycles. The summed E-state index contributed by atoms with van der Waals surface area (Å²) in [6, 6.07) is 6.67. The predicted octanol–water partition coefficient (Wildman–Crippen LogP) is 4.98. The van der Waals surface area contributed by atoms with Crippen LogP contribution in [0.1, 0.15) is 49.3 Å². The van der Waals surface area contributed by atoms with Crippen LogP contribution in [0, 0.1) is 5.41 Å². The molecular weight excluding hydrogens is 505 g/mol. The third-order valence-electron chi connectivity index (χ3n) is 6.88. The average molecular weight is 532 g/mol. The highest BCUT2D eigenvalue weighted by atomic mass is 35.5. The standard InChI is InChI=1S/C27H27Cl2NO6/c1-2-8-27-9-7-18(32)12-19(27)23-16(13-27)11-21(24(28)25(23)29)36-14-22(33)30-20(26(34)35)10-15-3-5-17(31)6-4-15/h3-6,11-12,20,31H,2,7-10,13-14H2,1H3,(H,30,33)(H,34,35)/t20-,27+/m0/s1. The summed E-state index contributed by atoms with van der Waals surface area (Å²) < 4.78 is 5.68. The number of aliphatic carboxylic acids is 1. The summed E-state index contributed by atoms with van der Waals surface area (Å²) in [5.41, 5.74) is 3.12. The number of hydrogen-bond acceptors (Lipinski definition) is 5. The van der Waals surface area contributed by atoms with Gasteiger partial charge in [-0.15, -0.1) is 0 Å². The topological polar surface area (TPSA) is 113 Å². The maximum absolute atomic E-state index is 12.5. The number of carboxylic acids is 1. The molecular formula is C27H27Cl2NO6. The van der Waals surface area contributed by atoms with Gasteiger partial charge in [0.15, 0.2) is 12.4 Å². The van der Waals surface area contributed by atoms with Crippen LogP contribution in [-0.2, 0) is 27.2 Å². The molecule has 2 atom stereocenters. The molecule has 0 bridgehead atoms. The molecule has 2 aromatic rings. The largest absolute Gasteiger partial charge is 0.508 e. The van der Waals surface area contributed by atoms with E-state index in [-0.39, 0.29) is 34.1 Å². The van der Waals surface area contributed by atoms with E-state index in [1.165, 1.54) is 12.1 Å². The molecule has 9 heteroatoms. The number of fused-ring (bicyclic) bond motifs is 3. The summed E-state index contributed by atoms with van der Waals surface area (Å²) in [6.07, 6.45) is 5.59. The van der Waals surface area contributed by atoms with Crippen LogP contribution in [-0.4, -0.2) is 40.5 Å². The molecule has 4 rings (SSSR count). The van der Waals surface area contributed by atoms with Crippen LogP contribution in [0.5, 0.6) is 11.5 Å². The molecule has 2 aliphatic rings. The average Bonchev–Trinajstić information content (AvgIpc) is 3.15. The molecule has 7 nitrogen and oxygen atoms in total. The molecule has 0 heterocycles. The molecule has 190 valence electrons. The van der Waals surface area contributed by atoms with Crippen molar-refractivity contribution in [2.75, 3.05) is 6.61 Å². The van der Waals surface area contributed by atoms with Crippen LogP contribution in [0.25, 0.3) is 5.57 Å². The number of nitrogens with one attached hydrogen (secondary N) is 1. The molecule has 3 N–H and O–H groups in total. The van der Waals surface area contributed by atoms with Gasteiger partial charge < -0.3 is 20.3 Å². The number of allylic oxidation sites excluding steroid dienone is 2. The van der Waals surface area contributed by atoms with E-state index in [9.17, 15) is 24.6 Å². The number of phenolic OH excluding ortho intramolecular Hbond substituents is 1. The van der Waals surface area contributed by atoms with E-state index in [0.29, 0.717) is 23.4 Å². The van der Waals surface area contributed by atoms with Gasteiger partial charge in [-0.1, -0.05) is 48.7 Å². The van der Waals surface area contributed by atoms with Crippen molar-refractivity contribution in [2.45, 2.75) is 51.5 Å². The Labute approximate surface area is 219 Å². The SMILES string of the molecule is CCC[C@]12CCC(=O)C=C1c1c(cc(OCC(=O)N[C@@H](Cc3ccc(O)cc3)C(=O)O)c(Cl)c1Cl)C2. The van der Waals surface area contributed by atoms with Crippen LogP contribution < -0.4 is 10.1 Å². The van der Waals surface area contributed by atoms with Crippen LogP contribution in [0.15, 0.2) is 36.4 Å². The number of carbonyl (C=O) groups excluding carboxylic acids is 2. The van der Waals surface area contributed by atoms with Gasteiger partial charge in [0.05, 0.1) is 5.02 Å². The summed E-state index contributed by atoms with van der Waals surface area (Å²) in [7, 11) is 0. The lowest BCUT2D eigenvalue weighted by atomic mass is 9.70. The number of hydrogen-bond donors (Lipinski definition) is 3. The van der Waals surface area contributed by atoms with Gasteiger partial charge in [0.25, 0.3) is 5.91 Å². The van der Waals surface area contributed by atoms with Crippen molar-refractivity contribution < 1.29 is 29.3 Å². The normalized spacial score (nSPS) is 19.2. The van der Waals surface area contributed by atoms with Gasteiger partial charge in [-0.2, -0.15) is 0 Å². The Kier molecular flexibility index (Phi) is 7.62. The Morgan fingerprint density at radius 3 is 2.58 bits per heavy atom. The number of ketones is 1. The quantitative estimate of drug-likeness (QED) is 0.420. The molecule has 36 heavy (non-hydrogen) atoms. The molecule has 0 unspecified atom stereocenters. The Balaban J connectivity index is 1.49. The zero-order valence-electron chi connectivity index (χ0n) is 19.8. The fourth-order valence-corrected chi connectivity index (χ4v) is 5.75. The lowest BCUT2D eigenvalue weighted by Crippen LogP contribution is -2.44. The van der Waals surface area contributed by atoms with Gasteiger partial charge in [0.2, 0.25) is 0 Å². The highest BCUT2D eigenvalue weighted by Crippen LogP contribution is 2.58. The summed E-state index contributed by atoms with van der Waals surface area (Å²) in [5.74, 6) is -1.44. The van der Waals surface area contributed by atoms with E-state index in [0.717, 1.165) is 36.0 Å². The second kappa shape index (κ2) is 10.5. The molecule has 0 aliphatic heterocycles. The van der Waals surface area contributed by atoms with Crippen molar-refractivity contribution in [1.82, 2.24) is 5.32 Å². The second-order valence-electron chi connectivity index (χ2n) is 9.39. The smallest absolute Gasteiger partial charge is 0.326 e. The number of phenols is 1. The Morgan fingerprint density at radius 1 is 1.19 bits per heavy atom. The molecule has 0 fully saturated rings. The number of halogens is 2. The minimum atomic E-state index is -1.19. The zero-order chi connectivity index (χ0) is 26.0. The zero-order valence-corrected chi connectivity index (χ0v) is 21.3. The van der Waals surface area contributed by atoms with E-state index >= 15 is 0 Å². The van der Waals surface area contributed by atoms with E-state index in [1.807, 2.05) is 0 Å². The Bertz CT molecular complexity index is 1240. The number of ether oxygens (including phenoxy) is 1. The molecule has 0 radical (unpaired) electrons. The van der Waals surface area contributed by atoms with Crippen molar-refractivity contribution >= 4 is 46.4 Å². The summed E-state index contributed by atoms with van der Waals surface area (Å²) in [4.78, 5) is 36.4. The van der Waals surface area contributed by atoms with E-state index < -0.39 is 24.5 Å². The van der Waals surface area contributed by atoms with E-state index in [1.54, 1.807) is 24.3 Å². The van der Waals surface area contributed by atoms with Gasteiger partial charge in [0, 0.05) is 23.8 Å². The van der Waals surface area contributed by atoms with Crippen LogP contribution in [0.2, 0.25) is 10.0 Å². The van der Waals surface area contributed by atoms with Gasteiger partial charge in [-0.25, -0.2) is 4.79 Å².